The van der Waals surface area contributed by atoms with Crippen molar-refractivity contribution in [3.8, 4) is 5.69 Å². The number of nitrogens with two attached hydrogens (primary N) is 1. The Morgan fingerprint density at radius 1 is 1.10 bits per heavy atom. The number of benzene rings is 2. The van der Waals surface area contributed by atoms with Gasteiger partial charge in [-0.3, -0.25) is 0 Å². The molecule has 2 aromatic carbocycles. The highest BCUT2D eigenvalue weighted by Crippen LogP contribution is 2.29. The first-order valence-corrected chi connectivity index (χ1v) is 8.03. The van der Waals surface area contributed by atoms with Crippen LogP contribution in [0.2, 0.25) is 0 Å². The Hall–Kier alpha value is -1.86. The Morgan fingerprint density at radius 2 is 1.90 bits per heavy atom. The van der Waals surface area contributed by atoms with Gasteiger partial charge in [0.15, 0.2) is 0 Å². The molecule has 1 aromatic heterocycles. The van der Waals surface area contributed by atoms with E-state index in [1.54, 1.807) is 16.4 Å². The largest absolute Gasteiger partial charge is 0.398 e. The number of thioether (sulfide) groups is 1. The summed E-state index contributed by atoms with van der Waals surface area (Å²) in [4.78, 5) is 0. The SMILES string of the molecule is Nc1cccc(CSc2nnnn2-c2ccccc2)c1Br. The van der Waals surface area contributed by atoms with Gasteiger partial charge in [0.1, 0.15) is 0 Å². The Morgan fingerprint density at radius 3 is 2.71 bits per heavy atom. The first kappa shape index (κ1) is 14.1. The van der Waals surface area contributed by atoms with Crippen molar-refractivity contribution in [1.29, 1.82) is 0 Å². The molecular weight excluding hydrogens is 350 g/mol. The van der Waals surface area contributed by atoms with E-state index in [0.717, 1.165) is 32.3 Å². The van der Waals surface area contributed by atoms with Crippen LogP contribution in [0.1, 0.15) is 5.56 Å². The maximum atomic E-state index is 5.89. The molecule has 0 saturated carbocycles. The minimum atomic E-state index is 0.732. The third-order valence-corrected chi connectivity index (χ3v) is 4.84. The van der Waals surface area contributed by atoms with Crippen LogP contribution in [0.15, 0.2) is 58.2 Å². The molecule has 2 N–H and O–H groups in total. The van der Waals surface area contributed by atoms with Crippen molar-refractivity contribution in [2.75, 3.05) is 5.73 Å². The van der Waals surface area contributed by atoms with E-state index in [1.165, 1.54) is 0 Å². The van der Waals surface area contributed by atoms with E-state index in [1.807, 2.05) is 48.5 Å². The highest BCUT2D eigenvalue weighted by Gasteiger charge is 2.10. The van der Waals surface area contributed by atoms with Crippen LogP contribution < -0.4 is 5.73 Å². The summed E-state index contributed by atoms with van der Waals surface area (Å²) in [6.45, 7) is 0. The fourth-order valence-corrected chi connectivity index (χ4v) is 3.33. The van der Waals surface area contributed by atoms with Crippen LogP contribution in [0.4, 0.5) is 5.69 Å². The normalized spacial score (nSPS) is 10.7. The molecule has 106 valence electrons. The van der Waals surface area contributed by atoms with Crippen LogP contribution in [0.5, 0.6) is 0 Å². The molecule has 1 heterocycles. The maximum absolute atomic E-state index is 5.89. The van der Waals surface area contributed by atoms with E-state index in [-0.39, 0.29) is 0 Å². The maximum Gasteiger partial charge on any atom is 0.214 e. The Balaban J connectivity index is 1.81. The molecule has 0 radical (unpaired) electrons. The van der Waals surface area contributed by atoms with Gasteiger partial charge in [0, 0.05) is 15.9 Å². The molecule has 7 heteroatoms. The molecule has 0 fully saturated rings. The second kappa shape index (κ2) is 6.28. The lowest BCUT2D eigenvalue weighted by atomic mass is 10.2. The average molecular weight is 362 g/mol. The number of nitrogens with zero attached hydrogens (tertiary/aromatic N) is 4. The van der Waals surface area contributed by atoms with Gasteiger partial charge in [-0.05, 0) is 50.1 Å². The number of nitrogen functional groups attached to an aromatic ring is 1. The van der Waals surface area contributed by atoms with Crippen LogP contribution in [0.25, 0.3) is 5.69 Å². The van der Waals surface area contributed by atoms with Gasteiger partial charge in [0.2, 0.25) is 5.16 Å². The van der Waals surface area contributed by atoms with Gasteiger partial charge in [-0.2, -0.15) is 4.68 Å². The van der Waals surface area contributed by atoms with Crippen LogP contribution >= 0.6 is 27.7 Å². The van der Waals surface area contributed by atoms with Gasteiger partial charge >= 0.3 is 0 Å². The van der Waals surface area contributed by atoms with Crippen LogP contribution in [0, 0.1) is 0 Å². The molecule has 0 spiro atoms. The molecular formula is C14H12BrN5S. The number of tetrazole rings is 1. The number of hydrogen-bond acceptors (Lipinski definition) is 5. The third kappa shape index (κ3) is 3.08. The molecule has 3 aromatic rings. The molecule has 0 aliphatic rings. The molecule has 3 rings (SSSR count). The summed E-state index contributed by atoms with van der Waals surface area (Å²) in [7, 11) is 0. The van der Waals surface area contributed by atoms with Gasteiger partial charge in [-0.1, -0.05) is 42.1 Å². The number of halogens is 1. The Kier molecular flexibility index (Phi) is 4.21. The fraction of sp³-hybridized carbons (Fsp3) is 0.0714. The van der Waals surface area contributed by atoms with Crippen molar-refractivity contribution in [2.24, 2.45) is 0 Å². The zero-order valence-electron chi connectivity index (χ0n) is 11.0. The number of anilines is 1. The molecule has 0 aliphatic carbocycles. The van der Waals surface area contributed by atoms with Crippen molar-refractivity contribution in [1.82, 2.24) is 20.2 Å². The van der Waals surface area contributed by atoms with E-state index in [0.29, 0.717) is 0 Å². The molecule has 0 saturated heterocycles. The Bertz CT molecular complexity index is 744. The zero-order valence-corrected chi connectivity index (χ0v) is 13.4. The Labute approximate surface area is 134 Å². The second-order valence-electron chi connectivity index (χ2n) is 4.32. The molecule has 5 nitrogen and oxygen atoms in total. The molecule has 0 unspecified atom stereocenters. The minimum Gasteiger partial charge on any atom is -0.398 e. The number of hydrogen-bond donors (Lipinski definition) is 1. The summed E-state index contributed by atoms with van der Waals surface area (Å²) in [6, 6.07) is 15.7. The summed E-state index contributed by atoms with van der Waals surface area (Å²) >= 11 is 5.08. The van der Waals surface area contributed by atoms with Crippen LogP contribution in [0.3, 0.4) is 0 Å². The van der Waals surface area contributed by atoms with Gasteiger partial charge in [-0.25, -0.2) is 0 Å². The molecule has 0 bridgehead atoms. The van der Waals surface area contributed by atoms with Crippen molar-refractivity contribution in [3.05, 3.63) is 58.6 Å². The summed E-state index contributed by atoms with van der Waals surface area (Å²) in [5, 5.41) is 12.6. The van der Waals surface area contributed by atoms with Gasteiger partial charge in [0.05, 0.1) is 5.69 Å². The first-order valence-electron chi connectivity index (χ1n) is 6.25. The second-order valence-corrected chi connectivity index (χ2v) is 6.05. The molecule has 0 atom stereocenters. The summed E-state index contributed by atoms with van der Waals surface area (Å²) in [5.41, 5.74) is 8.68. The summed E-state index contributed by atoms with van der Waals surface area (Å²) in [6.07, 6.45) is 0. The van der Waals surface area contributed by atoms with Crippen LogP contribution in [-0.4, -0.2) is 20.2 Å². The van der Waals surface area contributed by atoms with Crippen LogP contribution in [-0.2, 0) is 5.75 Å². The number of aromatic nitrogens is 4. The predicted molar refractivity (Wildman–Crippen MR) is 87.3 cm³/mol. The molecule has 0 amide bonds. The van der Waals surface area contributed by atoms with E-state index >= 15 is 0 Å². The lowest BCUT2D eigenvalue weighted by molar-refractivity contribution is 0.756. The van der Waals surface area contributed by atoms with Crippen molar-refractivity contribution >= 4 is 33.4 Å². The van der Waals surface area contributed by atoms with E-state index in [9.17, 15) is 0 Å². The molecule has 0 aliphatic heterocycles. The van der Waals surface area contributed by atoms with Crippen molar-refractivity contribution < 1.29 is 0 Å². The summed E-state index contributed by atoms with van der Waals surface area (Å²) < 4.78 is 2.65. The minimum absolute atomic E-state index is 0.732. The van der Waals surface area contributed by atoms with E-state index in [4.69, 9.17) is 5.73 Å². The number of rotatable bonds is 4. The highest BCUT2D eigenvalue weighted by molar-refractivity contribution is 9.10. The van der Waals surface area contributed by atoms with Gasteiger partial charge in [0.25, 0.3) is 0 Å². The lowest BCUT2D eigenvalue weighted by Crippen LogP contribution is -1.99. The highest BCUT2D eigenvalue weighted by atomic mass is 79.9. The van der Waals surface area contributed by atoms with E-state index < -0.39 is 0 Å². The van der Waals surface area contributed by atoms with Crippen molar-refractivity contribution in [3.63, 3.8) is 0 Å². The topological polar surface area (TPSA) is 69.6 Å². The summed E-state index contributed by atoms with van der Waals surface area (Å²) in [5.74, 6) is 0.735. The lowest BCUT2D eigenvalue weighted by Gasteiger charge is -2.07. The molecule has 21 heavy (non-hydrogen) atoms. The van der Waals surface area contributed by atoms with Gasteiger partial charge < -0.3 is 5.73 Å². The third-order valence-electron chi connectivity index (χ3n) is 2.91. The van der Waals surface area contributed by atoms with Gasteiger partial charge in [-0.15, -0.1) is 5.10 Å². The number of para-hydroxylation sites is 1. The monoisotopic (exact) mass is 361 g/mol. The standard InChI is InChI=1S/C14H12BrN5S/c15-13-10(5-4-8-12(13)16)9-21-14-17-18-19-20(14)11-6-2-1-3-7-11/h1-8H,9,16H2. The van der Waals surface area contributed by atoms with Crippen molar-refractivity contribution in [2.45, 2.75) is 10.9 Å². The fourth-order valence-electron chi connectivity index (χ4n) is 1.85. The zero-order chi connectivity index (χ0) is 14.7. The predicted octanol–water partition coefficient (Wildman–Crippen LogP) is 3.30. The first-order chi connectivity index (χ1) is 10.3. The quantitative estimate of drug-likeness (QED) is 0.570. The van der Waals surface area contributed by atoms with E-state index in [2.05, 4.69) is 31.5 Å². The average Bonchev–Trinajstić information content (AvgIpc) is 2.98. The smallest absolute Gasteiger partial charge is 0.214 e.